The molecule has 0 N–H and O–H groups in total. The maximum atomic E-state index is 12.5. The standard InChI is InChI=1S/C24H26N2O4S/c1-16-13-26(14-17(2)30-16)24-25-23(27)22(31-24)12-19-9-10-20(21(11-19)28-3)29-15-18-7-5-4-6-8-18/h4-12,16-17H,13-15H2,1-3H3/b22-12-. The maximum Gasteiger partial charge on any atom is 0.286 e. The molecule has 4 rings (SSSR count). The number of amides is 1. The number of hydrogen-bond acceptors (Lipinski definition) is 6. The van der Waals surface area contributed by atoms with Crippen LogP contribution >= 0.6 is 11.8 Å². The first-order valence-electron chi connectivity index (χ1n) is 10.3. The molecule has 2 unspecified atom stereocenters. The summed E-state index contributed by atoms with van der Waals surface area (Å²) in [5.41, 5.74) is 1.94. The van der Waals surface area contributed by atoms with Gasteiger partial charge in [-0.1, -0.05) is 36.4 Å². The van der Waals surface area contributed by atoms with Crippen LogP contribution in [0.4, 0.5) is 0 Å². The van der Waals surface area contributed by atoms with Crippen molar-refractivity contribution < 1.29 is 19.0 Å². The SMILES string of the molecule is COc1cc(/C=C2\SC(N3CC(C)OC(C)C3)=NC2=O)ccc1OCc1ccccc1. The van der Waals surface area contributed by atoms with Crippen molar-refractivity contribution in [1.82, 2.24) is 4.90 Å². The molecule has 1 fully saturated rings. The van der Waals surface area contributed by atoms with Crippen LogP contribution in [0.25, 0.3) is 6.08 Å². The summed E-state index contributed by atoms with van der Waals surface area (Å²) < 4.78 is 17.2. The monoisotopic (exact) mass is 438 g/mol. The molecule has 1 amide bonds. The topological polar surface area (TPSA) is 60.4 Å². The number of carbonyl (C=O) groups excluding carboxylic acids is 1. The van der Waals surface area contributed by atoms with Crippen molar-refractivity contribution in [3.63, 3.8) is 0 Å². The van der Waals surface area contributed by atoms with Crippen molar-refractivity contribution >= 4 is 28.9 Å². The second kappa shape index (κ2) is 9.58. The van der Waals surface area contributed by atoms with E-state index in [1.165, 1.54) is 11.8 Å². The Balaban J connectivity index is 1.45. The summed E-state index contributed by atoms with van der Waals surface area (Å²) in [6, 6.07) is 15.6. The minimum absolute atomic E-state index is 0.114. The highest BCUT2D eigenvalue weighted by Crippen LogP contribution is 2.34. The predicted molar refractivity (Wildman–Crippen MR) is 123 cm³/mol. The molecular formula is C24H26N2O4S. The molecule has 2 heterocycles. The summed E-state index contributed by atoms with van der Waals surface area (Å²) >= 11 is 1.41. The number of benzene rings is 2. The summed E-state index contributed by atoms with van der Waals surface area (Å²) in [4.78, 5) is 19.5. The molecule has 6 nitrogen and oxygen atoms in total. The van der Waals surface area contributed by atoms with E-state index in [9.17, 15) is 4.79 Å². The number of morpholine rings is 1. The second-order valence-corrected chi connectivity index (χ2v) is 8.67. The molecule has 2 aliphatic rings. The van der Waals surface area contributed by atoms with E-state index in [-0.39, 0.29) is 18.1 Å². The van der Waals surface area contributed by atoms with Gasteiger partial charge in [-0.2, -0.15) is 4.99 Å². The van der Waals surface area contributed by atoms with Crippen LogP contribution in [0, 0.1) is 0 Å². The van der Waals surface area contributed by atoms with E-state index in [4.69, 9.17) is 14.2 Å². The van der Waals surface area contributed by atoms with Crippen LogP contribution in [0.5, 0.6) is 11.5 Å². The van der Waals surface area contributed by atoms with Gasteiger partial charge in [0.15, 0.2) is 16.7 Å². The normalized spacial score (nSPS) is 22.5. The van der Waals surface area contributed by atoms with Gasteiger partial charge in [-0.25, -0.2) is 0 Å². The second-order valence-electron chi connectivity index (χ2n) is 7.66. The first kappa shape index (κ1) is 21.5. The molecule has 2 aromatic carbocycles. The number of aliphatic imine (C=N–C) groups is 1. The Hall–Kier alpha value is -2.77. The van der Waals surface area contributed by atoms with E-state index in [0.717, 1.165) is 29.4 Å². The van der Waals surface area contributed by atoms with E-state index in [2.05, 4.69) is 9.89 Å². The fraction of sp³-hybridized carbons (Fsp3) is 0.333. The number of nitrogens with zero attached hydrogens (tertiary/aromatic N) is 2. The zero-order valence-electron chi connectivity index (χ0n) is 17.9. The Kier molecular flexibility index (Phi) is 6.63. The smallest absolute Gasteiger partial charge is 0.286 e. The summed E-state index contributed by atoms with van der Waals surface area (Å²) in [6.45, 7) is 6.00. The van der Waals surface area contributed by atoms with E-state index < -0.39 is 0 Å². The van der Waals surface area contributed by atoms with Crippen molar-refractivity contribution in [2.24, 2.45) is 4.99 Å². The molecule has 0 saturated carbocycles. The lowest BCUT2D eigenvalue weighted by Gasteiger charge is -2.35. The highest BCUT2D eigenvalue weighted by molar-refractivity contribution is 8.18. The van der Waals surface area contributed by atoms with Gasteiger partial charge in [-0.15, -0.1) is 0 Å². The van der Waals surface area contributed by atoms with Crippen LogP contribution in [-0.2, 0) is 16.1 Å². The minimum atomic E-state index is -0.213. The van der Waals surface area contributed by atoms with E-state index in [0.29, 0.717) is 23.0 Å². The zero-order valence-corrected chi connectivity index (χ0v) is 18.7. The molecule has 31 heavy (non-hydrogen) atoms. The van der Waals surface area contributed by atoms with Crippen LogP contribution in [0.1, 0.15) is 25.0 Å². The van der Waals surface area contributed by atoms with Crippen LogP contribution < -0.4 is 9.47 Å². The van der Waals surface area contributed by atoms with Crippen LogP contribution in [0.15, 0.2) is 58.4 Å². The van der Waals surface area contributed by atoms with Gasteiger partial charge in [-0.3, -0.25) is 4.79 Å². The van der Waals surface area contributed by atoms with Gasteiger partial charge in [0.05, 0.1) is 24.2 Å². The third-order valence-electron chi connectivity index (χ3n) is 5.02. The first-order chi connectivity index (χ1) is 15.0. The minimum Gasteiger partial charge on any atom is -0.493 e. The van der Waals surface area contributed by atoms with E-state index >= 15 is 0 Å². The van der Waals surface area contributed by atoms with Crippen LogP contribution in [0.3, 0.4) is 0 Å². The van der Waals surface area contributed by atoms with E-state index in [1.807, 2.05) is 68.5 Å². The number of hydrogen-bond donors (Lipinski definition) is 0. The number of carbonyl (C=O) groups is 1. The van der Waals surface area contributed by atoms with Crippen molar-refractivity contribution in [3.05, 3.63) is 64.6 Å². The van der Waals surface area contributed by atoms with Gasteiger partial charge in [-0.05, 0) is 54.9 Å². The molecule has 0 radical (unpaired) electrons. The molecule has 2 aromatic rings. The Bertz CT molecular complexity index is 996. The average molecular weight is 439 g/mol. The highest BCUT2D eigenvalue weighted by atomic mass is 32.2. The van der Waals surface area contributed by atoms with Gasteiger partial charge >= 0.3 is 0 Å². The van der Waals surface area contributed by atoms with E-state index in [1.54, 1.807) is 7.11 Å². The number of amidine groups is 1. The van der Waals surface area contributed by atoms with Crippen molar-refractivity contribution in [3.8, 4) is 11.5 Å². The van der Waals surface area contributed by atoms with Crippen molar-refractivity contribution in [2.75, 3.05) is 20.2 Å². The summed E-state index contributed by atoms with van der Waals surface area (Å²) in [7, 11) is 1.61. The van der Waals surface area contributed by atoms with Crippen molar-refractivity contribution in [1.29, 1.82) is 0 Å². The quantitative estimate of drug-likeness (QED) is 0.647. The van der Waals surface area contributed by atoms with Gasteiger partial charge in [0.2, 0.25) is 0 Å². The predicted octanol–water partition coefficient (Wildman–Crippen LogP) is 4.35. The first-order valence-corrected chi connectivity index (χ1v) is 11.1. The lowest BCUT2D eigenvalue weighted by molar-refractivity contribution is -0.113. The molecule has 162 valence electrons. The third-order valence-corrected chi connectivity index (χ3v) is 6.07. The van der Waals surface area contributed by atoms with Gasteiger partial charge in [0, 0.05) is 13.1 Å². The maximum absolute atomic E-state index is 12.5. The number of rotatable bonds is 5. The van der Waals surface area contributed by atoms with Crippen molar-refractivity contribution in [2.45, 2.75) is 32.7 Å². The Labute approximate surface area is 186 Å². The molecule has 0 spiro atoms. The van der Waals surface area contributed by atoms with Gasteiger partial charge < -0.3 is 19.1 Å². The highest BCUT2D eigenvalue weighted by Gasteiger charge is 2.31. The summed E-state index contributed by atoms with van der Waals surface area (Å²) in [6.07, 6.45) is 2.08. The zero-order chi connectivity index (χ0) is 21.8. The molecule has 2 aliphatic heterocycles. The fourth-order valence-corrected chi connectivity index (χ4v) is 4.58. The van der Waals surface area contributed by atoms with Gasteiger partial charge in [0.1, 0.15) is 6.61 Å². The molecule has 0 aromatic heterocycles. The van der Waals surface area contributed by atoms with Crippen LogP contribution in [-0.4, -0.2) is 48.4 Å². The lowest BCUT2D eigenvalue weighted by atomic mass is 10.2. The number of ether oxygens (including phenoxy) is 3. The summed E-state index contributed by atoms with van der Waals surface area (Å²) in [5, 5.41) is 0.744. The third kappa shape index (κ3) is 5.29. The molecular weight excluding hydrogens is 412 g/mol. The number of methoxy groups -OCH3 is 1. The number of thioether (sulfide) groups is 1. The molecule has 2 atom stereocenters. The lowest BCUT2D eigenvalue weighted by Crippen LogP contribution is -2.47. The largest absolute Gasteiger partial charge is 0.493 e. The Morgan fingerprint density at radius 2 is 1.87 bits per heavy atom. The fourth-order valence-electron chi connectivity index (χ4n) is 3.65. The molecule has 7 heteroatoms. The Morgan fingerprint density at radius 1 is 1.13 bits per heavy atom. The van der Waals surface area contributed by atoms with Gasteiger partial charge in [0.25, 0.3) is 5.91 Å². The Morgan fingerprint density at radius 3 is 2.58 bits per heavy atom. The summed E-state index contributed by atoms with van der Waals surface area (Å²) in [5.74, 6) is 1.07. The van der Waals surface area contributed by atoms with Crippen LogP contribution in [0.2, 0.25) is 0 Å². The molecule has 1 saturated heterocycles. The molecule has 0 bridgehead atoms. The average Bonchev–Trinajstić information content (AvgIpc) is 3.13. The molecule has 0 aliphatic carbocycles.